The fourth-order valence-electron chi connectivity index (χ4n) is 0.478. The van der Waals surface area contributed by atoms with Gasteiger partial charge in [-0.2, -0.15) is 0 Å². The van der Waals surface area contributed by atoms with Crippen LogP contribution in [-0.2, 0) is 4.79 Å². The van der Waals surface area contributed by atoms with Gasteiger partial charge in [0, 0.05) is 0 Å². The van der Waals surface area contributed by atoms with Crippen LogP contribution in [0.1, 0.15) is 20.8 Å². The molecule has 0 aromatic carbocycles. The Labute approximate surface area is 55.2 Å². The lowest BCUT2D eigenvalue weighted by Gasteiger charge is -2.04. The number of carbonyl (C=O) groups is 1. The number of aliphatic hydroxyl groups excluding tert-OH is 1. The molecule has 0 amide bonds. The quantitative estimate of drug-likeness (QED) is 0.561. The number of rotatable bonds is 2. The SMILES string of the molecule is C/C=C(/C)C(O)C(C)=O. The number of Topliss-reactive ketones (excluding diaryl/α,β-unsaturated/α-hetero) is 1. The van der Waals surface area contributed by atoms with Crippen LogP contribution in [0.5, 0.6) is 0 Å². The Bertz CT molecular complexity index is 136. The van der Waals surface area contributed by atoms with Crippen LogP contribution < -0.4 is 0 Å². The van der Waals surface area contributed by atoms with Crippen LogP contribution in [0, 0.1) is 0 Å². The van der Waals surface area contributed by atoms with Crippen molar-refractivity contribution in [1.29, 1.82) is 0 Å². The maximum atomic E-state index is 10.5. The van der Waals surface area contributed by atoms with Crippen molar-refractivity contribution >= 4 is 5.78 Å². The first-order valence-electron chi connectivity index (χ1n) is 2.91. The molecule has 0 radical (unpaired) electrons. The van der Waals surface area contributed by atoms with E-state index in [1.165, 1.54) is 6.92 Å². The third-order valence-corrected chi connectivity index (χ3v) is 1.27. The Hall–Kier alpha value is -0.630. The summed E-state index contributed by atoms with van der Waals surface area (Å²) in [5.74, 6) is -0.203. The van der Waals surface area contributed by atoms with Crippen molar-refractivity contribution in [2.24, 2.45) is 0 Å². The molecule has 1 unspecified atom stereocenters. The Morgan fingerprint density at radius 1 is 1.56 bits per heavy atom. The van der Waals surface area contributed by atoms with E-state index in [9.17, 15) is 4.79 Å². The van der Waals surface area contributed by atoms with Crippen LogP contribution in [-0.4, -0.2) is 17.0 Å². The van der Waals surface area contributed by atoms with Gasteiger partial charge < -0.3 is 5.11 Å². The van der Waals surface area contributed by atoms with E-state index in [0.29, 0.717) is 5.57 Å². The molecule has 0 bridgehead atoms. The third kappa shape index (κ3) is 2.42. The highest BCUT2D eigenvalue weighted by atomic mass is 16.3. The summed E-state index contributed by atoms with van der Waals surface area (Å²) in [6.45, 7) is 4.89. The van der Waals surface area contributed by atoms with Crippen molar-refractivity contribution in [2.45, 2.75) is 26.9 Å². The minimum Gasteiger partial charge on any atom is -0.381 e. The number of hydrogen-bond donors (Lipinski definition) is 1. The monoisotopic (exact) mass is 128 g/mol. The lowest BCUT2D eigenvalue weighted by Crippen LogP contribution is -2.17. The fraction of sp³-hybridized carbons (Fsp3) is 0.571. The molecule has 0 aliphatic rings. The van der Waals surface area contributed by atoms with Gasteiger partial charge in [-0.1, -0.05) is 6.08 Å². The normalized spacial score (nSPS) is 15.3. The van der Waals surface area contributed by atoms with Gasteiger partial charge in [0.2, 0.25) is 0 Å². The Balaban J connectivity index is 4.04. The van der Waals surface area contributed by atoms with E-state index in [1.807, 2.05) is 0 Å². The lowest BCUT2D eigenvalue weighted by molar-refractivity contribution is -0.123. The van der Waals surface area contributed by atoms with Gasteiger partial charge in [0.05, 0.1) is 0 Å². The standard InChI is InChI=1S/C7H12O2/c1-4-5(2)7(9)6(3)8/h4,7,9H,1-3H3/b5-4-. The maximum Gasteiger partial charge on any atom is 0.162 e. The molecule has 2 nitrogen and oxygen atoms in total. The van der Waals surface area contributed by atoms with Gasteiger partial charge in [-0.15, -0.1) is 0 Å². The predicted molar refractivity (Wildman–Crippen MR) is 36.1 cm³/mol. The first kappa shape index (κ1) is 8.37. The number of allylic oxidation sites excluding steroid dienone is 1. The second-order valence-electron chi connectivity index (χ2n) is 2.05. The average molecular weight is 128 g/mol. The van der Waals surface area contributed by atoms with Crippen molar-refractivity contribution in [3.8, 4) is 0 Å². The predicted octanol–water partition coefficient (Wildman–Crippen LogP) is 0.903. The lowest BCUT2D eigenvalue weighted by atomic mass is 10.1. The van der Waals surface area contributed by atoms with Gasteiger partial charge in [0.15, 0.2) is 5.78 Å². The summed E-state index contributed by atoms with van der Waals surface area (Å²) < 4.78 is 0. The fourth-order valence-corrected chi connectivity index (χ4v) is 0.478. The van der Waals surface area contributed by atoms with Gasteiger partial charge in [0.1, 0.15) is 6.10 Å². The Kier molecular flexibility index (Phi) is 3.17. The zero-order chi connectivity index (χ0) is 7.44. The molecular formula is C7H12O2. The van der Waals surface area contributed by atoms with Crippen LogP contribution in [0.15, 0.2) is 11.6 Å². The molecule has 2 heteroatoms. The molecule has 0 saturated heterocycles. The van der Waals surface area contributed by atoms with Crippen molar-refractivity contribution in [3.63, 3.8) is 0 Å². The average Bonchev–Trinajstić information content (AvgIpc) is 1.84. The van der Waals surface area contributed by atoms with E-state index < -0.39 is 6.10 Å². The van der Waals surface area contributed by atoms with Crippen LogP contribution >= 0.6 is 0 Å². The number of hydrogen-bond acceptors (Lipinski definition) is 2. The zero-order valence-corrected chi connectivity index (χ0v) is 6.01. The van der Waals surface area contributed by atoms with Crippen LogP contribution in [0.4, 0.5) is 0 Å². The molecule has 9 heavy (non-hydrogen) atoms. The Morgan fingerprint density at radius 3 is 2.11 bits per heavy atom. The van der Waals surface area contributed by atoms with Gasteiger partial charge in [-0.3, -0.25) is 4.79 Å². The second kappa shape index (κ2) is 3.41. The molecule has 0 aromatic rings. The topological polar surface area (TPSA) is 37.3 Å². The van der Waals surface area contributed by atoms with Crippen molar-refractivity contribution < 1.29 is 9.90 Å². The molecule has 0 fully saturated rings. The molecular weight excluding hydrogens is 116 g/mol. The molecule has 0 aliphatic heterocycles. The molecule has 0 heterocycles. The van der Waals surface area contributed by atoms with Gasteiger partial charge in [0.25, 0.3) is 0 Å². The summed E-state index contributed by atoms with van der Waals surface area (Å²) in [7, 11) is 0. The van der Waals surface area contributed by atoms with E-state index in [1.54, 1.807) is 19.9 Å². The van der Waals surface area contributed by atoms with Crippen molar-refractivity contribution in [2.75, 3.05) is 0 Å². The largest absolute Gasteiger partial charge is 0.381 e. The van der Waals surface area contributed by atoms with Gasteiger partial charge in [-0.05, 0) is 26.3 Å². The van der Waals surface area contributed by atoms with E-state index >= 15 is 0 Å². The summed E-state index contributed by atoms with van der Waals surface area (Å²) in [6, 6.07) is 0. The van der Waals surface area contributed by atoms with E-state index in [2.05, 4.69) is 0 Å². The minimum absolute atomic E-state index is 0.203. The molecule has 52 valence electrons. The summed E-state index contributed by atoms with van der Waals surface area (Å²) in [6.07, 6.45) is 0.835. The second-order valence-corrected chi connectivity index (χ2v) is 2.05. The van der Waals surface area contributed by atoms with E-state index in [0.717, 1.165) is 0 Å². The smallest absolute Gasteiger partial charge is 0.162 e. The molecule has 0 rings (SSSR count). The molecule has 0 aromatic heterocycles. The van der Waals surface area contributed by atoms with Gasteiger partial charge >= 0.3 is 0 Å². The maximum absolute atomic E-state index is 10.5. The highest BCUT2D eigenvalue weighted by molar-refractivity contribution is 5.83. The minimum atomic E-state index is -0.894. The molecule has 0 saturated carbocycles. The number of ketones is 1. The van der Waals surface area contributed by atoms with Crippen LogP contribution in [0.3, 0.4) is 0 Å². The van der Waals surface area contributed by atoms with Crippen molar-refractivity contribution in [1.82, 2.24) is 0 Å². The first-order valence-corrected chi connectivity index (χ1v) is 2.91. The summed E-state index contributed by atoms with van der Waals surface area (Å²) in [5.41, 5.74) is 0.711. The highest BCUT2D eigenvalue weighted by Gasteiger charge is 2.09. The molecule has 1 N–H and O–H groups in total. The molecule has 0 aliphatic carbocycles. The summed E-state index contributed by atoms with van der Waals surface area (Å²) >= 11 is 0. The molecule has 1 atom stereocenters. The highest BCUT2D eigenvalue weighted by Crippen LogP contribution is 2.00. The zero-order valence-electron chi connectivity index (χ0n) is 6.01. The number of carbonyl (C=O) groups excluding carboxylic acids is 1. The van der Waals surface area contributed by atoms with E-state index in [-0.39, 0.29) is 5.78 Å². The van der Waals surface area contributed by atoms with Gasteiger partial charge in [-0.25, -0.2) is 0 Å². The van der Waals surface area contributed by atoms with Crippen LogP contribution in [0.2, 0.25) is 0 Å². The van der Waals surface area contributed by atoms with E-state index in [4.69, 9.17) is 5.11 Å². The summed E-state index contributed by atoms with van der Waals surface area (Å²) in [4.78, 5) is 10.5. The summed E-state index contributed by atoms with van der Waals surface area (Å²) in [5, 5.41) is 8.98. The Morgan fingerprint density at radius 2 is 2.00 bits per heavy atom. The van der Waals surface area contributed by atoms with Crippen molar-refractivity contribution in [3.05, 3.63) is 11.6 Å². The molecule has 0 spiro atoms. The van der Waals surface area contributed by atoms with Crippen LogP contribution in [0.25, 0.3) is 0 Å². The third-order valence-electron chi connectivity index (χ3n) is 1.27. The first-order chi connectivity index (χ1) is 4.09. The number of aliphatic hydroxyl groups is 1.